The third kappa shape index (κ3) is 3.20. The summed E-state index contributed by atoms with van der Waals surface area (Å²) in [6, 6.07) is 13.7. The Balaban J connectivity index is 0.00000168. The lowest BCUT2D eigenvalue weighted by atomic mass is 9.95. The van der Waals surface area contributed by atoms with Gasteiger partial charge in [0.1, 0.15) is 5.52 Å². The Labute approximate surface area is 157 Å². The molecule has 2 N–H and O–H groups in total. The monoisotopic (exact) mass is 369 g/mol. The molecule has 1 saturated carbocycles. The maximum absolute atomic E-state index is 12.6. The minimum atomic E-state index is -0.218. The van der Waals surface area contributed by atoms with Gasteiger partial charge in [0.15, 0.2) is 11.5 Å². The second kappa shape index (κ2) is 6.74. The summed E-state index contributed by atoms with van der Waals surface area (Å²) in [6.45, 7) is 0.724. The summed E-state index contributed by atoms with van der Waals surface area (Å²) in [4.78, 5) is 17.2. The molecular weight excluding hydrogens is 350 g/mol. The van der Waals surface area contributed by atoms with Crippen LogP contribution >= 0.6 is 12.4 Å². The molecule has 1 aliphatic heterocycles. The van der Waals surface area contributed by atoms with Crippen molar-refractivity contribution in [2.75, 3.05) is 5.32 Å². The first-order valence-electron chi connectivity index (χ1n) is 8.78. The number of halogens is 1. The first-order chi connectivity index (χ1) is 12.3. The number of nitrogens with zero attached hydrogens (tertiary/aromatic N) is 1. The van der Waals surface area contributed by atoms with Crippen LogP contribution in [0.25, 0.3) is 11.1 Å². The Kier molecular flexibility index (Phi) is 4.42. The third-order valence-electron chi connectivity index (χ3n) is 5.00. The minimum absolute atomic E-state index is 0. The second-order valence-corrected chi connectivity index (χ2v) is 6.90. The van der Waals surface area contributed by atoms with Crippen molar-refractivity contribution >= 4 is 35.1 Å². The molecule has 1 amide bonds. The Morgan fingerprint density at radius 2 is 1.96 bits per heavy atom. The van der Waals surface area contributed by atoms with Gasteiger partial charge in [0, 0.05) is 18.2 Å². The van der Waals surface area contributed by atoms with Gasteiger partial charge in [-0.25, -0.2) is 4.98 Å². The topological polar surface area (TPSA) is 67.2 Å². The van der Waals surface area contributed by atoms with Gasteiger partial charge in [-0.3, -0.25) is 4.79 Å². The highest BCUT2D eigenvalue weighted by Crippen LogP contribution is 2.40. The van der Waals surface area contributed by atoms with E-state index in [1.165, 1.54) is 11.1 Å². The van der Waals surface area contributed by atoms with Gasteiger partial charge in [-0.15, -0.1) is 12.4 Å². The lowest BCUT2D eigenvalue weighted by Gasteiger charge is -2.25. The first kappa shape index (κ1) is 17.1. The predicted molar refractivity (Wildman–Crippen MR) is 103 cm³/mol. The van der Waals surface area contributed by atoms with Crippen LogP contribution in [0.5, 0.6) is 0 Å². The van der Waals surface area contributed by atoms with Gasteiger partial charge in [-0.2, -0.15) is 0 Å². The number of carbonyl (C=O) groups is 1. The van der Waals surface area contributed by atoms with Crippen LogP contribution in [0.15, 0.2) is 46.9 Å². The minimum Gasteiger partial charge on any atom is -0.440 e. The zero-order valence-corrected chi connectivity index (χ0v) is 15.0. The Hall–Kier alpha value is -2.37. The Morgan fingerprint density at radius 1 is 1.15 bits per heavy atom. The molecule has 0 saturated heterocycles. The molecule has 2 heterocycles. The molecule has 1 aromatic heterocycles. The van der Waals surface area contributed by atoms with Gasteiger partial charge in [-0.05, 0) is 48.6 Å². The molecule has 1 atom stereocenters. The van der Waals surface area contributed by atoms with Gasteiger partial charge >= 0.3 is 0 Å². The number of anilines is 1. The number of fused-ring (bicyclic) bond motifs is 2. The van der Waals surface area contributed by atoms with E-state index in [4.69, 9.17) is 4.42 Å². The standard InChI is InChI=1S/C20H19N3O2.ClH/c24-19(17-9-13-3-1-2-4-14(13)11-21-17)22-15-7-8-18-16(10-15)23-20(25-18)12-5-6-12;/h1-4,7-8,10,12,17,21H,5-6,9,11H2,(H,22,24);1H. The normalized spacial score (nSPS) is 18.8. The summed E-state index contributed by atoms with van der Waals surface area (Å²) in [5.41, 5.74) is 4.85. The largest absolute Gasteiger partial charge is 0.440 e. The lowest BCUT2D eigenvalue weighted by Crippen LogP contribution is -2.44. The van der Waals surface area contributed by atoms with Crippen molar-refractivity contribution in [2.24, 2.45) is 0 Å². The summed E-state index contributed by atoms with van der Waals surface area (Å²) in [7, 11) is 0. The predicted octanol–water partition coefficient (Wildman–Crippen LogP) is 3.78. The number of hydrogen-bond acceptors (Lipinski definition) is 4. The van der Waals surface area contributed by atoms with Crippen LogP contribution in [0, 0.1) is 0 Å². The van der Waals surface area contributed by atoms with E-state index in [0.29, 0.717) is 12.3 Å². The fourth-order valence-corrected chi connectivity index (χ4v) is 3.40. The van der Waals surface area contributed by atoms with Crippen molar-refractivity contribution in [3.8, 4) is 0 Å². The van der Waals surface area contributed by atoms with E-state index in [1.54, 1.807) is 0 Å². The quantitative estimate of drug-likeness (QED) is 0.737. The smallest absolute Gasteiger partial charge is 0.241 e. The number of amides is 1. The first-order valence-corrected chi connectivity index (χ1v) is 8.78. The van der Waals surface area contributed by atoms with Crippen molar-refractivity contribution in [3.63, 3.8) is 0 Å². The highest BCUT2D eigenvalue weighted by Gasteiger charge is 2.29. The molecule has 1 fully saturated rings. The SMILES string of the molecule is Cl.O=C(Nc1ccc2oc(C3CC3)nc2c1)C1Cc2ccccc2CN1. The van der Waals surface area contributed by atoms with Gasteiger partial charge < -0.3 is 15.1 Å². The zero-order valence-electron chi connectivity index (χ0n) is 14.2. The van der Waals surface area contributed by atoms with E-state index in [0.717, 1.165) is 42.1 Å². The number of hydrogen-bond donors (Lipinski definition) is 2. The van der Waals surface area contributed by atoms with Crippen LogP contribution in [0.1, 0.15) is 35.8 Å². The highest BCUT2D eigenvalue weighted by molar-refractivity contribution is 5.96. The van der Waals surface area contributed by atoms with E-state index >= 15 is 0 Å². The van der Waals surface area contributed by atoms with Gasteiger partial charge in [0.2, 0.25) is 5.91 Å². The maximum atomic E-state index is 12.6. The molecule has 6 heteroatoms. The molecule has 2 aromatic carbocycles. The van der Waals surface area contributed by atoms with Crippen LogP contribution in [0.3, 0.4) is 0 Å². The fraction of sp³-hybridized carbons (Fsp3) is 0.300. The fourth-order valence-electron chi connectivity index (χ4n) is 3.40. The number of aromatic nitrogens is 1. The highest BCUT2D eigenvalue weighted by atomic mass is 35.5. The molecule has 5 nitrogen and oxygen atoms in total. The second-order valence-electron chi connectivity index (χ2n) is 6.90. The Bertz CT molecular complexity index is 965. The van der Waals surface area contributed by atoms with Crippen LogP contribution < -0.4 is 10.6 Å². The van der Waals surface area contributed by atoms with Gasteiger partial charge in [-0.1, -0.05) is 24.3 Å². The molecule has 5 rings (SSSR count). The summed E-state index contributed by atoms with van der Waals surface area (Å²) in [5.74, 6) is 1.29. The average molecular weight is 370 g/mol. The maximum Gasteiger partial charge on any atom is 0.241 e. The molecule has 2 aliphatic rings. The summed E-state index contributed by atoms with van der Waals surface area (Å²) in [6.07, 6.45) is 3.02. The summed E-state index contributed by atoms with van der Waals surface area (Å²) < 4.78 is 5.77. The van der Waals surface area contributed by atoms with Crippen LogP contribution in [0.2, 0.25) is 0 Å². The number of carbonyl (C=O) groups excluding carboxylic acids is 1. The van der Waals surface area contributed by atoms with E-state index in [1.807, 2.05) is 30.3 Å². The number of oxazole rings is 1. The molecule has 1 aliphatic carbocycles. The van der Waals surface area contributed by atoms with Crippen LogP contribution in [-0.4, -0.2) is 16.9 Å². The van der Waals surface area contributed by atoms with Crippen LogP contribution in [-0.2, 0) is 17.8 Å². The van der Waals surface area contributed by atoms with Crippen molar-refractivity contribution < 1.29 is 9.21 Å². The average Bonchev–Trinajstić information content (AvgIpc) is 3.41. The Morgan fingerprint density at radius 3 is 2.77 bits per heavy atom. The molecule has 3 aromatic rings. The molecule has 0 spiro atoms. The van der Waals surface area contributed by atoms with Crippen molar-refractivity contribution in [2.45, 2.75) is 37.8 Å². The summed E-state index contributed by atoms with van der Waals surface area (Å²) >= 11 is 0. The van der Waals surface area contributed by atoms with E-state index in [2.05, 4.69) is 27.8 Å². The van der Waals surface area contributed by atoms with Crippen molar-refractivity contribution in [3.05, 3.63) is 59.5 Å². The number of nitrogens with one attached hydrogen (secondary N) is 2. The van der Waals surface area contributed by atoms with E-state index in [-0.39, 0.29) is 24.4 Å². The number of benzene rings is 2. The molecule has 1 unspecified atom stereocenters. The summed E-state index contributed by atoms with van der Waals surface area (Å²) in [5, 5.41) is 6.32. The van der Waals surface area contributed by atoms with Crippen molar-refractivity contribution in [1.82, 2.24) is 10.3 Å². The number of rotatable bonds is 3. The van der Waals surface area contributed by atoms with Gasteiger partial charge in [0.25, 0.3) is 0 Å². The van der Waals surface area contributed by atoms with Gasteiger partial charge in [0.05, 0.1) is 6.04 Å². The van der Waals surface area contributed by atoms with E-state index in [9.17, 15) is 4.79 Å². The zero-order chi connectivity index (χ0) is 16.8. The van der Waals surface area contributed by atoms with Crippen molar-refractivity contribution in [1.29, 1.82) is 0 Å². The van der Waals surface area contributed by atoms with E-state index < -0.39 is 0 Å². The lowest BCUT2D eigenvalue weighted by molar-refractivity contribution is -0.118. The van der Waals surface area contributed by atoms with Crippen LogP contribution in [0.4, 0.5) is 5.69 Å². The molecule has 0 bridgehead atoms. The molecule has 0 radical (unpaired) electrons. The molecular formula is C20H20ClN3O2. The third-order valence-corrected chi connectivity index (χ3v) is 5.00. The molecule has 26 heavy (non-hydrogen) atoms. The molecule has 134 valence electrons.